The third kappa shape index (κ3) is 6.75. The van der Waals surface area contributed by atoms with Crippen molar-refractivity contribution in [2.24, 2.45) is 11.8 Å². The van der Waals surface area contributed by atoms with Gasteiger partial charge in [-0.1, -0.05) is 20.8 Å². The van der Waals surface area contributed by atoms with Crippen LogP contribution >= 0.6 is 0 Å². The molecule has 1 unspecified atom stereocenters. The lowest BCUT2D eigenvalue weighted by Crippen LogP contribution is -2.47. The molecule has 0 fully saturated rings. The highest BCUT2D eigenvalue weighted by Gasteiger charge is 2.14. The standard InChI is InChI=1S/C11H24N2O/c1-8(2)9(3)7-12-10(14)13-11(4,5)6/h8-9H,7H2,1-6H3,(H2,12,13,14). The second kappa shape index (κ2) is 5.23. The summed E-state index contributed by atoms with van der Waals surface area (Å²) >= 11 is 0. The normalized spacial score (nSPS) is 13.9. The molecule has 0 spiro atoms. The molecule has 0 heterocycles. The molecule has 2 amide bonds. The van der Waals surface area contributed by atoms with E-state index in [1.807, 2.05) is 20.8 Å². The van der Waals surface area contributed by atoms with Crippen molar-refractivity contribution in [3.8, 4) is 0 Å². The van der Waals surface area contributed by atoms with Crippen LogP contribution in [0.25, 0.3) is 0 Å². The summed E-state index contributed by atoms with van der Waals surface area (Å²) in [4.78, 5) is 11.4. The number of hydrogen-bond acceptors (Lipinski definition) is 1. The van der Waals surface area contributed by atoms with E-state index < -0.39 is 0 Å². The van der Waals surface area contributed by atoms with E-state index in [9.17, 15) is 4.79 Å². The number of hydrogen-bond donors (Lipinski definition) is 2. The molecule has 0 bridgehead atoms. The van der Waals surface area contributed by atoms with Crippen LogP contribution in [0.5, 0.6) is 0 Å². The summed E-state index contributed by atoms with van der Waals surface area (Å²) in [5, 5.41) is 5.73. The Bertz CT molecular complexity index is 182. The van der Waals surface area contributed by atoms with E-state index in [4.69, 9.17) is 0 Å². The van der Waals surface area contributed by atoms with Crippen LogP contribution in [0.1, 0.15) is 41.5 Å². The van der Waals surface area contributed by atoms with Gasteiger partial charge in [-0.05, 0) is 32.6 Å². The molecule has 3 heteroatoms. The number of carbonyl (C=O) groups is 1. The van der Waals surface area contributed by atoms with Gasteiger partial charge in [0.05, 0.1) is 0 Å². The predicted octanol–water partition coefficient (Wildman–Crippen LogP) is 2.38. The van der Waals surface area contributed by atoms with Crippen molar-refractivity contribution >= 4 is 6.03 Å². The zero-order valence-electron chi connectivity index (χ0n) is 10.3. The van der Waals surface area contributed by atoms with E-state index in [1.165, 1.54) is 0 Å². The smallest absolute Gasteiger partial charge is 0.315 e. The lowest BCUT2D eigenvalue weighted by Gasteiger charge is -2.22. The minimum atomic E-state index is -0.162. The molecule has 0 rings (SSSR count). The van der Waals surface area contributed by atoms with Crippen molar-refractivity contribution in [2.45, 2.75) is 47.1 Å². The number of rotatable bonds is 3. The van der Waals surface area contributed by atoms with Gasteiger partial charge in [-0.25, -0.2) is 4.79 Å². The number of urea groups is 1. The summed E-state index contributed by atoms with van der Waals surface area (Å²) in [6.07, 6.45) is 0. The molecule has 0 saturated carbocycles. The van der Waals surface area contributed by atoms with E-state index in [-0.39, 0.29) is 11.6 Å². The fourth-order valence-electron chi connectivity index (χ4n) is 0.874. The van der Waals surface area contributed by atoms with Gasteiger partial charge in [-0.3, -0.25) is 0 Å². The topological polar surface area (TPSA) is 41.1 Å². The van der Waals surface area contributed by atoms with Crippen LogP contribution < -0.4 is 10.6 Å². The number of amides is 2. The highest BCUT2D eigenvalue weighted by atomic mass is 16.2. The van der Waals surface area contributed by atoms with Crippen molar-refractivity contribution in [3.63, 3.8) is 0 Å². The number of nitrogens with one attached hydrogen (secondary N) is 2. The monoisotopic (exact) mass is 200 g/mol. The maximum Gasteiger partial charge on any atom is 0.315 e. The van der Waals surface area contributed by atoms with Gasteiger partial charge in [0.25, 0.3) is 0 Å². The predicted molar refractivity (Wildman–Crippen MR) is 60.3 cm³/mol. The van der Waals surface area contributed by atoms with Crippen LogP contribution in [0, 0.1) is 11.8 Å². The fourth-order valence-corrected chi connectivity index (χ4v) is 0.874. The van der Waals surface area contributed by atoms with Crippen molar-refractivity contribution in [1.82, 2.24) is 10.6 Å². The van der Waals surface area contributed by atoms with Crippen LogP contribution in [-0.4, -0.2) is 18.1 Å². The van der Waals surface area contributed by atoms with Gasteiger partial charge in [0.15, 0.2) is 0 Å². The molecule has 3 nitrogen and oxygen atoms in total. The molecule has 0 aliphatic rings. The van der Waals surface area contributed by atoms with Gasteiger partial charge in [0, 0.05) is 12.1 Å². The zero-order chi connectivity index (χ0) is 11.4. The average molecular weight is 200 g/mol. The lowest BCUT2D eigenvalue weighted by atomic mass is 9.98. The van der Waals surface area contributed by atoms with E-state index in [0.29, 0.717) is 11.8 Å². The van der Waals surface area contributed by atoms with Crippen molar-refractivity contribution in [1.29, 1.82) is 0 Å². The summed E-state index contributed by atoms with van der Waals surface area (Å²) in [5.74, 6) is 1.12. The van der Waals surface area contributed by atoms with E-state index in [2.05, 4.69) is 31.4 Å². The minimum Gasteiger partial charge on any atom is -0.338 e. The first kappa shape index (κ1) is 13.3. The summed E-state index contributed by atoms with van der Waals surface area (Å²) in [6, 6.07) is -0.0787. The first-order chi connectivity index (χ1) is 6.22. The Morgan fingerprint density at radius 1 is 1.21 bits per heavy atom. The molecule has 0 radical (unpaired) electrons. The second-order valence-electron chi connectivity index (χ2n) is 5.31. The zero-order valence-corrected chi connectivity index (χ0v) is 10.3. The van der Waals surface area contributed by atoms with Crippen LogP contribution in [0.2, 0.25) is 0 Å². The lowest BCUT2D eigenvalue weighted by molar-refractivity contribution is 0.228. The third-order valence-electron chi connectivity index (χ3n) is 2.21. The van der Waals surface area contributed by atoms with Crippen molar-refractivity contribution in [2.75, 3.05) is 6.54 Å². The SMILES string of the molecule is CC(C)C(C)CNC(=O)NC(C)(C)C. The molecule has 0 aromatic heterocycles. The number of carbonyl (C=O) groups excluding carboxylic acids is 1. The first-order valence-electron chi connectivity index (χ1n) is 5.28. The fraction of sp³-hybridized carbons (Fsp3) is 0.909. The average Bonchev–Trinajstić information content (AvgIpc) is 1.96. The Morgan fingerprint density at radius 3 is 2.07 bits per heavy atom. The Balaban J connectivity index is 3.75. The Hall–Kier alpha value is -0.730. The quantitative estimate of drug-likeness (QED) is 0.721. The van der Waals surface area contributed by atoms with Crippen LogP contribution in [0.3, 0.4) is 0 Å². The van der Waals surface area contributed by atoms with Gasteiger partial charge in [-0.2, -0.15) is 0 Å². The van der Waals surface area contributed by atoms with Gasteiger partial charge in [0.2, 0.25) is 0 Å². The van der Waals surface area contributed by atoms with E-state index >= 15 is 0 Å². The highest BCUT2D eigenvalue weighted by molar-refractivity contribution is 5.74. The van der Waals surface area contributed by atoms with Crippen LogP contribution in [0.15, 0.2) is 0 Å². The molecule has 1 atom stereocenters. The summed E-state index contributed by atoms with van der Waals surface area (Å²) < 4.78 is 0. The highest BCUT2D eigenvalue weighted by Crippen LogP contribution is 2.07. The summed E-state index contributed by atoms with van der Waals surface area (Å²) in [7, 11) is 0. The molecule has 0 aromatic carbocycles. The molecule has 84 valence electrons. The first-order valence-corrected chi connectivity index (χ1v) is 5.28. The van der Waals surface area contributed by atoms with Crippen LogP contribution in [0.4, 0.5) is 4.79 Å². The summed E-state index contributed by atoms with van der Waals surface area (Å²) in [5.41, 5.74) is -0.162. The van der Waals surface area contributed by atoms with Crippen LogP contribution in [-0.2, 0) is 0 Å². The Kier molecular flexibility index (Phi) is 4.95. The Labute approximate surface area is 87.6 Å². The maximum atomic E-state index is 11.4. The van der Waals surface area contributed by atoms with Crippen molar-refractivity contribution < 1.29 is 4.79 Å². The van der Waals surface area contributed by atoms with Gasteiger partial charge in [-0.15, -0.1) is 0 Å². The maximum absolute atomic E-state index is 11.4. The third-order valence-corrected chi connectivity index (χ3v) is 2.21. The van der Waals surface area contributed by atoms with Gasteiger partial charge < -0.3 is 10.6 Å². The summed E-state index contributed by atoms with van der Waals surface area (Å²) in [6.45, 7) is 13.1. The van der Waals surface area contributed by atoms with Gasteiger partial charge in [0.1, 0.15) is 0 Å². The molecule has 0 aliphatic heterocycles. The molecule has 0 aliphatic carbocycles. The molecular weight excluding hydrogens is 176 g/mol. The molecule has 0 saturated heterocycles. The molecule has 0 aromatic rings. The van der Waals surface area contributed by atoms with E-state index in [0.717, 1.165) is 6.54 Å². The Morgan fingerprint density at radius 2 is 1.71 bits per heavy atom. The van der Waals surface area contributed by atoms with E-state index in [1.54, 1.807) is 0 Å². The molecule has 2 N–H and O–H groups in total. The molecular formula is C11H24N2O. The second-order valence-corrected chi connectivity index (χ2v) is 5.31. The molecule has 14 heavy (non-hydrogen) atoms. The minimum absolute atomic E-state index is 0.0787. The largest absolute Gasteiger partial charge is 0.338 e. The van der Waals surface area contributed by atoms with Crippen molar-refractivity contribution in [3.05, 3.63) is 0 Å². The van der Waals surface area contributed by atoms with Gasteiger partial charge >= 0.3 is 6.03 Å².